The van der Waals surface area contributed by atoms with Gasteiger partial charge in [0.15, 0.2) is 5.69 Å². The normalized spacial score (nSPS) is 14.4. The third-order valence-corrected chi connectivity index (χ3v) is 5.30. The Balaban J connectivity index is 0.00000240. The highest BCUT2D eigenvalue weighted by molar-refractivity contribution is 5.91. The molecule has 152 valence electrons. The first kappa shape index (κ1) is 21.0. The molecule has 1 amide bonds. The summed E-state index contributed by atoms with van der Waals surface area (Å²) in [5.74, 6) is -0.0946. The van der Waals surface area contributed by atoms with Gasteiger partial charge in [-0.05, 0) is 37.1 Å². The molecule has 2 aromatic carbocycles. The van der Waals surface area contributed by atoms with Crippen molar-refractivity contribution in [3.63, 3.8) is 0 Å². The van der Waals surface area contributed by atoms with E-state index in [-0.39, 0.29) is 24.2 Å². The van der Waals surface area contributed by atoms with Crippen LogP contribution in [0.25, 0.3) is 0 Å². The van der Waals surface area contributed by atoms with E-state index in [1.807, 2.05) is 41.1 Å². The molecule has 1 saturated heterocycles. The van der Waals surface area contributed by atoms with Crippen molar-refractivity contribution in [3.05, 3.63) is 83.7 Å². The van der Waals surface area contributed by atoms with Gasteiger partial charge in [-0.2, -0.15) is 0 Å². The fourth-order valence-corrected chi connectivity index (χ4v) is 3.71. The van der Waals surface area contributed by atoms with Crippen molar-refractivity contribution in [3.8, 4) is 0 Å². The number of hydrogen-bond acceptors (Lipinski definition) is 4. The Hall–Kier alpha value is -2.70. The van der Waals surface area contributed by atoms with Gasteiger partial charge in [-0.15, -0.1) is 17.5 Å². The molecule has 0 spiro atoms. The molecule has 0 atom stereocenters. The van der Waals surface area contributed by atoms with Gasteiger partial charge in [0.05, 0.1) is 12.2 Å². The zero-order valence-electron chi connectivity index (χ0n) is 16.2. The summed E-state index contributed by atoms with van der Waals surface area (Å²) in [6.45, 7) is 2.46. The van der Waals surface area contributed by atoms with Crippen LogP contribution in [0.5, 0.6) is 0 Å². The summed E-state index contributed by atoms with van der Waals surface area (Å²) in [6, 6.07) is 20.8. The lowest BCUT2D eigenvalue weighted by molar-refractivity contribution is 0.0947. The molecule has 1 aromatic heterocycles. The molecule has 1 aliphatic heterocycles. The second kappa shape index (κ2) is 10.2. The van der Waals surface area contributed by atoms with E-state index < -0.39 is 0 Å². The highest BCUT2D eigenvalue weighted by Gasteiger charge is 2.20. The van der Waals surface area contributed by atoms with Gasteiger partial charge in [-0.25, -0.2) is 4.68 Å². The molecular weight excluding hydrogens is 386 g/mol. The summed E-state index contributed by atoms with van der Waals surface area (Å²) in [6.07, 6.45) is 3.79. The SMILES string of the molecule is Cl.O=C(NCC(c1ccccc1)c1ccccc1)c1cn(C2CCNCC2)nn1. The van der Waals surface area contributed by atoms with E-state index in [1.54, 1.807) is 6.20 Å². The van der Waals surface area contributed by atoms with Gasteiger partial charge >= 0.3 is 0 Å². The average molecular weight is 412 g/mol. The fourth-order valence-electron chi connectivity index (χ4n) is 3.71. The van der Waals surface area contributed by atoms with Crippen LogP contribution in [-0.2, 0) is 0 Å². The number of nitrogens with zero attached hydrogens (tertiary/aromatic N) is 3. The third kappa shape index (κ3) is 5.22. The molecule has 6 nitrogen and oxygen atoms in total. The minimum Gasteiger partial charge on any atom is -0.350 e. The van der Waals surface area contributed by atoms with Crippen molar-refractivity contribution in [2.75, 3.05) is 19.6 Å². The number of nitrogens with one attached hydrogen (secondary N) is 2. The predicted octanol–water partition coefficient (Wildman–Crippen LogP) is 3.19. The van der Waals surface area contributed by atoms with E-state index in [1.165, 1.54) is 11.1 Å². The van der Waals surface area contributed by atoms with Crippen molar-refractivity contribution in [1.82, 2.24) is 25.6 Å². The van der Waals surface area contributed by atoms with Crippen LogP contribution in [-0.4, -0.2) is 40.5 Å². The van der Waals surface area contributed by atoms with Crippen molar-refractivity contribution in [2.24, 2.45) is 0 Å². The zero-order valence-corrected chi connectivity index (χ0v) is 17.0. The summed E-state index contributed by atoms with van der Waals surface area (Å²) in [4.78, 5) is 12.7. The van der Waals surface area contributed by atoms with E-state index in [9.17, 15) is 4.79 Å². The van der Waals surface area contributed by atoms with Crippen LogP contribution in [0, 0.1) is 0 Å². The fraction of sp³-hybridized carbons (Fsp3) is 0.318. The molecule has 2 heterocycles. The Labute approximate surface area is 177 Å². The van der Waals surface area contributed by atoms with Gasteiger partial charge in [-0.3, -0.25) is 4.79 Å². The Morgan fingerprint density at radius 1 is 1.03 bits per heavy atom. The van der Waals surface area contributed by atoms with E-state index in [0.29, 0.717) is 18.3 Å². The van der Waals surface area contributed by atoms with Crippen molar-refractivity contribution < 1.29 is 4.79 Å². The standard InChI is InChI=1S/C22H25N5O.ClH/c28-22(21-16-27(26-25-21)19-11-13-23-14-12-19)24-15-20(17-7-3-1-4-8-17)18-9-5-2-6-10-18;/h1-10,16,19-20,23H,11-15H2,(H,24,28);1H. The van der Waals surface area contributed by atoms with Gasteiger partial charge < -0.3 is 10.6 Å². The smallest absolute Gasteiger partial charge is 0.273 e. The topological polar surface area (TPSA) is 71.8 Å². The summed E-state index contributed by atoms with van der Waals surface area (Å²) in [5.41, 5.74) is 2.72. The van der Waals surface area contributed by atoms with Crippen molar-refractivity contribution in [1.29, 1.82) is 0 Å². The Morgan fingerprint density at radius 3 is 2.21 bits per heavy atom. The van der Waals surface area contributed by atoms with E-state index >= 15 is 0 Å². The first-order chi connectivity index (χ1) is 13.8. The van der Waals surface area contributed by atoms with Crippen molar-refractivity contribution in [2.45, 2.75) is 24.8 Å². The molecule has 1 aliphatic rings. The number of benzene rings is 2. The Bertz CT molecular complexity index is 854. The molecule has 0 bridgehead atoms. The van der Waals surface area contributed by atoms with Crippen LogP contribution in [0.15, 0.2) is 66.9 Å². The van der Waals surface area contributed by atoms with Gasteiger partial charge in [0, 0.05) is 12.5 Å². The quantitative estimate of drug-likeness (QED) is 0.653. The van der Waals surface area contributed by atoms with Crippen LogP contribution >= 0.6 is 12.4 Å². The minimum absolute atomic E-state index is 0. The number of carbonyl (C=O) groups excluding carboxylic acids is 1. The monoisotopic (exact) mass is 411 g/mol. The van der Waals surface area contributed by atoms with E-state index in [0.717, 1.165) is 25.9 Å². The zero-order chi connectivity index (χ0) is 19.2. The number of rotatable bonds is 6. The summed E-state index contributed by atoms with van der Waals surface area (Å²) in [5, 5.41) is 14.7. The lowest BCUT2D eigenvalue weighted by atomic mass is 9.91. The first-order valence-corrected chi connectivity index (χ1v) is 9.82. The molecule has 7 heteroatoms. The molecule has 1 fully saturated rings. The number of amides is 1. The van der Waals surface area contributed by atoms with Crippen LogP contribution in [0.4, 0.5) is 0 Å². The average Bonchev–Trinajstić information content (AvgIpc) is 3.26. The Morgan fingerprint density at radius 2 is 1.62 bits per heavy atom. The molecule has 0 radical (unpaired) electrons. The van der Waals surface area contributed by atoms with Crippen LogP contribution in [0.3, 0.4) is 0 Å². The number of halogens is 1. The molecule has 0 unspecified atom stereocenters. The molecule has 2 N–H and O–H groups in total. The summed E-state index contributed by atoms with van der Waals surface area (Å²) >= 11 is 0. The highest BCUT2D eigenvalue weighted by atomic mass is 35.5. The third-order valence-electron chi connectivity index (χ3n) is 5.30. The molecule has 29 heavy (non-hydrogen) atoms. The first-order valence-electron chi connectivity index (χ1n) is 9.82. The molecular formula is C22H26ClN5O. The lowest BCUT2D eigenvalue weighted by Gasteiger charge is -2.22. The largest absolute Gasteiger partial charge is 0.350 e. The van der Waals surface area contributed by atoms with Crippen LogP contribution in [0.1, 0.15) is 46.4 Å². The van der Waals surface area contributed by atoms with E-state index in [4.69, 9.17) is 0 Å². The van der Waals surface area contributed by atoms with Gasteiger partial charge in [-0.1, -0.05) is 65.9 Å². The van der Waals surface area contributed by atoms with Gasteiger partial charge in [0.1, 0.15) is 0 Å². The van der Waals surface area contributed by atoms with Gasteiger partial charge in [0.2, 0.25) is 0 Å². The van der Waals surface area contributed by atoms with Crippen LogP contribution in [0.2, 0.25) is 0 Å². The predicted molar refractivity (Wildman–Crippen MR) is 115 cm³/mol. The van der Waals surface area contributed by atoms with Crippen molar-refractivity contribution >= 4 is 18.3 Å². The lowest BCUT2D eigenvalue weighted by Crippen LogP contribution is -2.30. The number of piperidine rings is 1. The second-order valence-electron chi connectivity index (χ2n) is 7.15. The maximum Gasteiger partial charge on any atom is 0.273 e. The van der Waals surface area contributed by atoms with Crippen LogP contribution < -0.4 is 10.6 Å². The summed E-state index contributed by atoms with van der Waals surface area (Å²) < 4.78 is 1.83. The summed E-state index contributed by atoms with van der Waals surface area (Å²) in [7, 11) is 0. The number of carbonyl (C=O) groups is 1. The maximum absolute atomic E-state index is 12.7. The number of aromatic nitrogens is 3. The minimum atomic E-state index is -0.183. The Kier molecular flexibility index (Phi) is 7.38. The van der Waals surface area contributed by atoms with E-state index in [2.05, 4.69) is 45.2 Å². The molecule has 4 rings (SSSR count). The van der Waals surface area contributed by atoms with Gasteiger partial charge in [0.25, 0.3) is 5.91 Å². The molecule has 0 aliphatic carbocycles. The number of hydrogen-bond donors (Lipinski definition) is 2. The molecule has 0 saturated carbocycles. The molecule has 3 aromatic rings. The second-order valence-corrected chi connectivity index (χ2v) is 7.15. The highest BCUT2D eigenvalue weighted by Crippen LogP contribution is 2.24. The maximum atomic E-state index is 12.7.